The second-order valence-electron chi connectivity index (χ2n) is 4.73. The highest BCUT2D eigenvalue weighted by molar-refractivity contribution is 7.89. The maximum Gasteiger partial charge on any atom is 0.242 e. The number of aromatic nitrogens is 1. The lowest BCUT2D eigenvalue weighted by molar-refractivity contribution is -0.121. The maximum atomic E-state index is 12.0. The smallest absolute Gasteiger partial charge is 0.242 e. The van der Waals surface area contributed by atoms with Gasteiger partial charge >= 0.3 is 0 Å². The van der Waals surface area contributed by atoms with Crippen molar-refractivity contribution in [3.05, 3.63) is 24.0 Å². The maximum absolute atomic E-state index is 12.0. The highest BCUT2D eigenvalue weighted by atomic mass is 32.2. The Labute approximate surface area is 128 Å². The van der Waals surface area contributed by atoms with Gasteiger partial charge in [-0.3, -0.25) is 9.78 Å². The predicted molar refractivity (Wildman–Crippen MR) is 81.1 cm³/mol. The Hall–Kier alpha value is -1.58. The summed E-state index contributed by atoms with van der Waals surface area (Å²) in [6.45, 7) is 0.0396. The predicted octanol–water partition coefficient (Wildman–Crippen LogP) is -0.337. The van der Waals surface area contributed by atoms with E-state index in [0.29, 0.717) is 5.69 Å². The summed E-state index contributed by atoms with van der Waals surface area (Å²) < 4.78 is 26.3. The van der Waals surface area contributed by atoms with Crippen LogP contribution in [0.4, 0.5) is 0 Å². The largest absolute Gasteiger partial charge is 0.388 e. The number of carbonyl (C=O) groups is 1. The molecule has 0 aromatic carbocycles. The molecular weight excluding hydrogens is 312 g/mol. The van der Waals surface area contributed by atoms with Gasteiger partial charge in [0.15, 0.2) is 0 Å². The number of rotatable bonds is 7. The van der Waals surface area contributed by atoms with Crippen LogP contribution in [0.15, 0.2) is 23.2 Å². The van der Waals surface area contributed by atoms with E-state index in [2.05, 4.69) is 15.0 Å². The van der Waals surface area contributed by atoms with Gasteiger partial charge in [-0.05, 0) is 25.0 Å². The van der Waals surface area contributed by atoms with Gasteiger partial charge in [0.25, 0.3) is 0 Å². The number of thiocarbonyl (C=S) groups is 1. The van der Waals surface area contributed by atoms with Crippen LogP contribution in [0.5, 0.6) is 0 Å². The molecule has 1 fully saturated rings. The van der Waals surface area contributed by atoms with Crippen molar-refractivity contribution in [3.63, 3.8) is 0 Å². The van der Waals surface area contributed by atoms with Crippen molar-refractivity contribution >= 4 is 33.1 Å². The quantitative estimate of drug-likeness (QED) is 0.590. The first-order valence-electron chi connectivity index (χ1n) is 6.43. The fraction of sp³-hybridized carbons (Fsp3) is 0.417. The first-order valence-corrected chi connectivity index (χ1v) is 8.32. The van der Waals surface area contributed by atoms with E-state index in [0.717, 1.165) is 12.8 Å². The van der Waals surface area contributed by atoms with Crippen LogP contribution < -0.4 is 15.8 Å². The van der Waals surface area contributed by atoms with Crippen LogP contribution in [0.2, 0.25) is 0 Å². The first-order chi connectivity index (χ1) is 9.88. The minimum Gasteiger partial charge on any atom is -0.388 e. The number of carbonyl (C=O) groups excluding carboxylic acids is 1. The van der Waals surface area contributed by atoms with E-state index < -0.39 is 10.0 Å². The molecule has 1 aliphatic carbocycles. The van der Waals surface area contributed by atoms with Gasteiger partial charge in [-0.2, -0.15) is 0 Å². The third-order valence-electron chi connectivity index (χ3n) is 2.89. The summed E-state index contributed by atoms with van der Waals surface area (Å²) in [6, 6.07) is 3.08. The molecule has 4 N–H and O–H groups in total. The van der Waals surface area contributed by atoms with E-state index in [9.17, 15) is 13.2 Å². The summed E-state index contributed by atoms with van der Waals surface area (Å²) in [4.78, 5) is 15.4. The summed E-state index contributed by atoms with van der Waals surface area (Å²) in [5.41, 5.74) is 5.74. The second-order valence-corrected chi connectivity index (χ2v) is 6.94. The van der Waals surface area contributed by atoms with Crippen LogP contribution in [-0.4, -0.2) is 36.9 Å². The molecule has 0 atom stereocenters. The molecule has 1 saturated carbocycles. The Bertz CT molecular complexity index is 639. The molecular formula is C12H16N4O3S2. The summed E-state index contributed by atoms with van der Waals surface area (Å²) in [6.07, 6.45) is 3.28. The van der Waals surface area contributed by atoms with Gasteiger partial charge < -0.3 is 11.1 Å². The molecule has 21 heavy (non-hydrogen) atoms. The molecule has 7 nitrogen and oxygen atoms in total. The average Bonchev–Trinajstić information content (AvgIpc) is 3.22. The van der Waals surface area contributed by atoms with Crippen LogP contribution in [0.25, 0.3) is 0 Å². The molecule has 0 spiro atoms. The molecule has 0 aliphatic heterocycles. The average molecular weight is 328 g/mol. The lowest BCUT2D eigenvalue weighted by Gasteiger charge is -2.07. The van der Waals surface area contributed by atoms with Crippen LogP contribution >= 0.6 is 12.2 Å². The number of hydrogen-bond acceptors (Lipinski definition) is 5. The molecule has 1 aliphatic rings. The minimum absolute atomic E-state index is 0.00472. The van der Waals surface area contributed by atoms with Gasteiger partial charge in [0.1, 0.15) is 9.88 Å². The van der Waals surface area contributed by atoms with Crippen LogP contribution in [0.3, 0.4) is 0 Å². The second kappa shape index (κ2) is 6.46. The van der Waals surface area contributed by atoms with E-state index >= 15 is 0 Å². The summed E-state index contributed by atoms with van der Waals surface area (Å²) in [5.74, 6) is -0.151. The monoisotopic (exact) mass is 328 g/mol. The third-order valence-corrected chi connectivity index (χ3v) is 4.54. The lowest BCUT2D eigenvalue weighted by atomic mass is 10.3. The van der Waals surface area contributed by atoms with Gasteiger partial charge in [0, 0.05) is 25.2 Å². The normalized spacial score (nSPS) is 14.7. The van der Waals surface area contributed by atoms with Gasteiger partial charge in [-0.15, -0.1) is 0 Å². The van der Waals surface area contributed by atoms with E-state index in [1.807, 2.05) is 0 Å². The van der Waals surface area contributed by atoms with Crippen molar-refractivity contribution in [2.45, 2.75) is 30.2 Å². The molecule has 0 bridgehead atoms. The van der Waals surface area contributed by atoms with Crippen LogP contribution in [0.1, 0.15) is 25.0 Å². The molecule has 2 rings (SSSR count). The molecule has 0 radical (unpaired) electrons. The van der Waals surface area contributed by atoms with E-state index in [-0.39, 0.29) is 34.8 Å². The Morgan fingerprint density at radius 3 is 2.67 bits per heavy atom. The number of amides is 1. The van der Waals surface area contributed by atoms with Crippen molar-refractivity contribution in [2.75, 3.05) is 6.54 Å². The molecule has 0 unspecified atom stereocenters. The van der Waals surface area contributed by atoms with Gasteiger partial charge in [-0.1, -0.05) is 12.2 Å². The Morgan fingerprint density at radius 1 is 1.43 bits per heavy atom. The van der Waals surface area contributed by atoms with E-state index in [1.165, 1.54) is 18.3 Å². The van der Waals surface area contributed by atoms with Crippen molar-refractivity contribution in [2.24, 2.45) is 5.73 Å². The Kier molecular flexibility index (Phi) is 4.86. The van der Waals surface area contributed by atoms with Crippen LogP contribution in [-0.2, 0) is 14.8 Å². The number of hydrogen-bond donors (Lipinski definition) is 3. The molecule has 114 valence electrons. The number of nitrogens with zero attached hydrogens (tertiary/aromatic N) is 1. The lowest BCUT2D eigenvalue weighted by Crippen LogP contribution is -2.31. The zero-order chi connectivity index (χ0) is 15.5. The first kappa shape index (κ1) is 15.8. The SMILES string of the molecule is NC(=S)c1ccc(S(=O)(=O)NCCC(=O)NC2CC2)cn1. The van der Waals surface area contributed by atoms with E-state index in [1.54, 1.807) is 0 Å². The molecule has 9 heteroatoms. The highest BCUT2D eigenvalue weighted by Crippen LogP contribution is 2.18. The highest BCUT2D eigenvalue weighted by Gasteiger charge is 2.23. The molecule has 1 aromatic heterocycles. The Morgan fingerprint density at radius 2 is 2.14 bits per heavy atom. The fourth-order valence-electron chi connectivity index (χ4n) is 1.59. The zero-order valence-corrected chi connectivity index (χ0v) is 12.8. The summed E-state index contributed by atoms with van der Waals surface area (Å²) in [7, 11) is -3.69. The number of nitrogens with one attached hydrogen (secondary N) is 2. The molecule has 0 saturated heterocycles. The molecule has 1 aromatic rings. The standard InChI is InChI=1S/C12H16N4O3S2/c13-12(20)10-4-3-9(7-14-10)21(18,19)15-6-5-11(17)16-8-1-2-8/h3-4,7-8,15H,1-2,5-6H2,(H2,13,20)(H,16,17). The van der Waals surface area contributed by atoms with Crippen LogP contribution in [0, 0.1) is 0 Å². The number of nitrogens with two attached hydrogens (primary N) is 1. The minimum atomic E-state index is -3.69. The van der Waals surface area contributed by atoms with Gasteiger partial charge in [0.05, 0.1) is 5.69 Å². The van der Waals surface area contributed by atoms with Crippen molar-refractivity contribution < 1.29 is 13.2 Å². The van der Waals surface area contributed by atoms with Crippen molar-refractivity contribution in [3.8, 4) is 0 Å². The summed E-state index contributed by atoms with van der Waals surface area (Å²) >= 11 is 4.74. The third kappa shape index (κ3) is 4.73. The van der Waals surface area contributed by atoms with E-state index in [4.69, 9.17) is 18.0 Å². The number of sulfonamides is 1. The Balaban J connectivity index is 1.88. The van der Waals surface area contributed by atoms with Gasteiger partial charge in [0.2, 0.25) is 15.9 Å². The molecule has 1 heterocycles. The topological polar surface area (TPSA) is 114 Å². The fourth-order valence-corrected chi connectivity index (χ4v) is 2.69. The van der Waals surface area contributed by atoms with Crippen molar-refractivity contribution in [1.82, 2.24) is 15.0 Å². The number of pyridine rings is 1. The zero-order valence-electron chi connectivity index (χ0n) is 11.2. The molecule has 1 amide bonds. The van der Waals surface area contributed by atoms with Gasteiger partial charge in [-0.25, -0.2) is 13.1 Å². The summed E-state index contributed by atoms with van der Waals surface area (Å²) in [5, 5.41) is 2.79. The van der Waals surface area contributed by atoms with Crippen molar-refractivity contribution in [1.29, 1.82) is 0 Å².